The van der Waals surface area contributed by atoms with E-state index in [1.54, 1.807) is 19.2 Å². The summed E-state index contributed by atoms with van der Waals surface area (Å²) in [4.78, 5) is 17.9. The number of carbonyl (C=O) groups excluding carboxylic acids is 1. The van der Waals surface area contributed by atoms with Crippen molar-refractivity contribution in [2.45, 2.75) is 50.5 Å². The number of nitrogens with zero attached hydrogens (tertiary/aromatic N) is 3. The molecule has 0 N–H and O–H groups in total. The summed E-state index contributed by atoms with van der Waals surface area (Å²) in [6.45, 7) is 4.09. The summed E-state index contributed by atoms with van der Waals surface area (Å²) in [5.41, 5.74) is 3.73. The molecule has 1 fully saturated rings. The van der Waals surface area contributed by atoms with Gasteiger partial charge in [-0.2, -0.15) is 9.30 Å². The Hall–Kier alpha value is -2.29. The first-order chi connectivity index (χ1) is 14.7. The molecular formula is C23H27N3O3S2. The van der Waals surface area contributed by atoms with Gasteiger partial charge in [0.05, 0.1) is 15.1 Å². The Labute approximate surface area is 186 Å². The lowest BCUT2D eigenvalue weighted by Gasteiger charge is -2.23. The van der Waals surface area contributed by atoms with Crippen LogP contribution in [0.3, 0.4) is 0 Å². The molecule has 0 radical (unpaired) electrons. The zero-order chi connectivity index (χ0) is 22.3. The molecule has 0 unspecified atom stereocenters. The lowest BCUT2D eigenvalue weighted by atomic mass is 10.1. The number of aryl methyl sites for hydroxylation is 3. The van der Waals surface area contributed by atoms with Crippen LogP contribution >= 0.6 is 11.3 Å². The minimum atomic E-state index is -3.57. The second-order valence-electron chi connectivity index (χ2n) is 8.22. The number of fused-ring (bicyclic) bond motifs is 1. The molecule has 8 heteroatoms. The fourth-order valence-electron chi connectivity index (χ4n) is 4.22. The highest BCUT2D eigenvalue weighted by Crippen LogP contribution is 2.27. The number of sulfonamides is 1. The maximum atomic E-state index is 12.9. The van der Waals surface area contributed by atoms with Crippen LogP contribution in [0.1, 0.15) is 47.2 Å². The van der Waals surface area contributed by atoms with E-state index in [0.29, 0.717) is 10.4 Å². The maximum Gasteiger partial charge on any atom is 0.279 e. The fraction of sp³-hybridized carbons (Fsp3) is 0.391. The van der Waals surface area contributed by atoms with Crippen molar-refractivity contribution in [1.82, 2.24) is 8.87 Å². The lowest BCUT2D eigenvalue weighted by Crippen LogP contribution is -2.35. The number of thiazole rings is 1. The van der Waals surface area contributed by atoms with Gasteiger partial charge in [-0.3, -0.25) is 4.79 Å². The molecule has 2 aromatic carbocycles. The fourth-order valence-corrected chi connectivity index (χ4v) is 6.80. The molecule has 1 aliphatic rings. The average Bonchev–Trinajstić information content (AvgIpc) is 3.40. The number of amides is 1. The van der Waals surface area contributed by atoms with Crippen molar-refractivity contribution in [1.29, 1.82) is 0 Å². The molecule has 1 amide bonds. The molecule has 3 aromatic rings. The van der Waals surface area contributed by atoms with Gasteiger partial charge in [0.1, 0.15) is 0 Å². The SMILES string of the molecule is Cc1ccc(C)c2c1sc(=NC(=O)c1ccc(S(=O)(=O)N(C)C3CCCC3)cc1)n2C. The Morgan fingerprint density at radius 3 is 2.29 bits per heavy atom. The van der Waals surface area contributed by atoms with Gasteiger partial charge in [0, 0.05) is 25.7 Å². The second-order valence-corrected chi connectivity index (χ2v) is 11.2. The van der Waals surface area contributed by atoms with Gasteiger partial charge >= 0.3 is 0 Å². The predicted molar refractivity (Wildman–Crippen MR) is 124 cm³/mol. The molecule has 4 rings (SSSR count). The largest absolute Gasteiger partial charge is 0.319 e. The van der Waals surface area contributed by atoms with E-state index in [-0.39, 0.29) is 16.8 Å². The lowest BCUT2D eigenvalue weighted by molar-refractivity contribution is 0.0998. The van der Waals surface area contributed by atoms with Crippen molar-refractivity contribution in [2.24, 2.45) is 12.0 Å². The standard InChI is InChI=1S/C23H27N3O3S2/c1-15-9-10-16(2)21-20(15)25(3)23(30-21)24-22(27)17-11-13-19(14-12-17)31(28,29)26(4)18-7-5-6-8-18/h9-14,18H,5-8H2,1-4H3. The van der Waals surface area contributed by atoms with E-state index in [1.807, 2.05) is 25.5 Å². The Morgan fingerprint density at radius 1 is 1.06 bits per heavy atom. The minimum Gasteiger partial charge on any atom is -0.319 e. The van der Waals surface area contributed by atoms with Crippen LogP contribution in [-0.2, 0) is 17.1 Å². The first kappa shape index (κ1) is 21.9. The number of carbonyl (C=O) groups is 1. The van der Waals surface area contributed by atoms with Crippen LogP contribution in [0, 0.1) is 13.8 Å². The molecular weight excluding hydrogens is 430 g/mol. The monoisotopic (exact) mass is 457 g/mol. The molecule has 1 aliphatic carbocycles. The van der Waals surface area contributed by atoms with Gasteiger partial charge in [0.25, 0.3) is 5.91 Å². The molecule has 6 nitrogen and oxygen atoms in total. The third-order valence-electron chi connectivity index (χ3n) is 6.16. The number of rotatable bonds is 4. The highest BCUT2D eigenvalue weighted by atomic mass is 32.2. The molecule has 0 aliphatic heterocycles. The molecule has 1 saturated carbocycles. The minimum absolute atomic E-state index is 0.0567. The number of benzene rings is 2. The molecule has 164 valence electrons. The van der Waals surface area contributed by atoms with Crippen LogP contribution in [0.15, 0.2) is 46.3 Å². The molecule has 31 heavy (non-hydrogen) atoms. The van der Waals surface area contributed by atoms with Gasteiger partial charge in [-0.25, -0.2) is 8.42 Å². The summed E-state index contributed by atoms with van der Waals surface area (Å²) < 4.78 is 30.4. The first-order valence-electron chi connectivity index (χ1n) is 10.4. The van der Waals surface area contributed by atoms with E-state index in [4.69, 9.17) is 0 Å². The Balaban J connectivity index is 1.64. The van der Waals surface area contributed by atoms with E-state index >= 15 is 0 Å². The van der Waals surface area contributed by atoms with Gasteiger partial charge in [-0.15, -0.1) is 0 Å². The highest BCUT2D eigenvalue weighted by Gasteiger charge is 2.30. The normalized spacial score (nSPS) is 16.0. The summed E-state index contributed by atoms with van der Waals surface area (Å²) in [5, 5.41) is 0. The van der Waals surface area contributed by atoms with E-state index in [2.05, 4.69) is 17.1 Å². The summed E-state index contributed by atoms with van der Waals surface area (Å²) in [6.07, 6.45) is 3.92. The van der Waals surface area contributed by atoms with Gasteiger partial charge in [0.15, 0.2) is 4.80 Å². The number of hydrogen-bond donors (Lipinski definition) is 0. The summed E-state index contributed by atoms with van der Waals surface area (Å²) >= 11 is 1.49. The van der Waals surface area contributed by atoms with Crippen molar-refractivity contribution in [3.05, 3.63) is 57.9 Å². The zero-order valence-corrected chi connectivity index (χ0v) is 19.9. The first-order valence-corrected chi connectivity index (χ1v) is 12.7. The van der Waals surface area contributed by atoms with Crippen molar-refractivity contribution < 1.29 is 13.2 Å². The van der Waals surface area contributed by atoms with Crippen LogP contribution in [0.2, 0.25) is 0 Å². The van der Waals surface area contributed by atoms with Gasteiger partial charge in [-0.1, -0.05) is 36.3 Å². The maximum absolute atomic E-state index is 12.9. The third-order valence-corrected chi connectivity index (χ3v) is 9.35. The molecule has 0 atom stereocenters. The average molecular weight is 458 g/mol. The van der Waals surface area contributed by atoms with Crippen molar-refractivity contribution in [3.8, 4) is 0 Å². The molecule has 1 heterocycles. The van der Waals surface area contributed by atoms with Crippen molar-refractivity contribution in [3.63, 3.8) is 0 Å². The molecule has 0 bridgehead atoms. The third kappa shape index (κ3) is 4.00. The summed E-state index contributed by atoms with van der Waals surface area (Å²) in [5.74, 6) is -0.384. The van der Waals surface area contributed by atoms with Crippen LogP contribution in [0.25, 0.3) is 10.2 Å². The van der Waals surface area contributed by atoms with E-state index in [0.717, 1.165) is 47.0 Å². The number of hydrogen-bond acceptors (Lipinski definition) is 4. The summed E-state index contributed by atoms with van der Waals surface area (Å²) in [7, 11) is -0.0153. The van der Waals surface area contributed by atoms with E-state index in [1.165, 1.54) is 27.8 Å². The van der Waals surface area contributed by atoms with Crippen LogP contribution in [-0.4, -0.2) is 36.3 Å². The Bertz CT molecular complexity index is 1310. The predicted octanol–water partition coefficient (Wildman–Crippen LogP) is 4.16. The van der Waals surface area contributed by atoms with Crippen LogP contribution in [0.5, 0.6) is 0 Å². The second kappa shape index (κ2) is 8.33. The van der Waals surface area contributed by atoms with E-state index < -0.39 is 10.0 Å². The van der Waals surface area contributed by atoms with Crippen molar-refractivity contribution in [2.75, 3.05) is 7.05 Å². The van der Waals surface area contributed by atoms with Crippen LogP contribution in [0.4, 0.5) is 0 Å². The highest BCUT2D eigenvalue weighted by molar-refractivity contribution is 7.89. The number of aromatic nitrogens is 1. The molecule has 1 aromatic heterocycles. The quantitative estimate of drug-likeness (QED) is 0.591. The van der Waals surface area contributed by atoms with E-state index in [9.17, 15) is 13.2 Å². The van der Waals surface area contributed by atoms with Gasteiger partial charge < -0.3 is 4.57 Å². The smallest absolute Gasteiger partial charge is 0.279 e. The zero-order valence-electron chi connectivity index (χ0n) is 18.3. The summed E-state index contributed by atoms with van der Waals surface area (Å²) in [6, 6.07) is 10.3. The molecule has 0 spiro atoms. The van der Waals surface area contributed by atoms with Crippen LogP contribution < -0.4 is 4.80 Å². The Morgan fingerprint density at radius 2 is 1.68 bits per heavy atom. The van der Waals surface area contributed by atoms with Gasteiger partial charge in [-0.05, 0) is 62.1 Å². The topological polar surface area (TPSA) is 71.7 Å². The molecule has 0 saturated heterocycles. The Kier molecular flexibility index (Phi) is 5.89. The van der Waals surface area contributed by atoms with Crippen molar-refractivity contribution >= 4 is 37.5 Å². The van der Waals surface area contributed by atoms with Gasteiger partial charge in [0.2, 0.25) is 10.0 Å².